The molecule has 94 valence electrons. The van der Waals surface area contributed by atoms with Crippen molar-refractivity contribution in [2.24, 2.45) is 5.73 Å². The number of rotatable bonds is 4. The van der Waals surface area contributed by atoms with Crippen molar-refractivity contribution in [1.82, 2.24) is 0 Å². The van der Waals surface area contributed by atoms with Crippen LogP contribution < -0.4 is 5.73 Å². The van der Waals surface area contributed by atoms with Crippen molar-refractivity contribution >= 4 is 11.8 Å². The van der Waals surface area contributed by atoms with E-state index in [0.29, 0.717) is 6.54 Å². The monoisotopic (exact) mass is 259 g/mol. The minimum atomic E-state index is -0.576. The fourth-order valence-corrected chi connectivity index (χ4v) is 2.22. The maximum atomic E-state index is 10.3. The third-order valence-corrected chi connectivity index (χ3v) is 3.71. The van der Waals surface area contributed by atoms with Crippen LogP contribution in [0.25, 0.3) is 0 Å². The van der Waals surface area contributed by atoms with Crippen LogP contribution in [0.15, 0.2) is 53.4 Å². The van der Waals surface area contributed by atoms with Gasteiger partial charge in [0, 0.05) is 11.4 Å². The average molecular weight is 259 g/mol. The maximum Gasteiger partial charge on any atom is 0.104 e. The molecule has 3 heteroatoms. The highest BCUT2D eigenvalue weighted by Crippen LogP contribution is 2.24. The van der Waals surface area contributed by atoms with E-state index in [-0.39, 0.29) is 0 Å². The zero-order valence-corrected chi connectivity index (χ0v) is 11.2. The molecular formula is C15H17NOS. The Balaban J connectivity index is 2.20. The van der Waals surface area contributed by atoms with Crippen molar-refractivity contribution in [3.05, 3.63) is 65.2 Å². The molecule has 0 aliphatic rings. The molecule has 0 heterocycles. The SMILES string of the molecule is CSc1ccc(C(O)c2ccc(CN)cc2)cc1. The number of aliphatic hydroxyl groups is 1. The smallest absolute Gasteiger partial charge is 0.104 e. The largest absolute Gasteiger partial charge is 0.384 e. The predicted molar refractivity (Wildman–Crippen MR) is 76.6 cm³/mol. The van der Waals surface area contributed by atoms with Crippen LogP contribution in [-0.2, 0) is 6.54 Å². The first kappa shape index (κ1) is 13.1. The third kappa shape index (κ3) is 2.93. The molecule has 0 aliphatic heterocycles. The standard InChI is InChI=1S/C15H17NOS/c1-18-14-8-6-13(7-9-14)15(17)12-4-2-11(10-16)3-5-12/h2-9,15,17H,10,16H2,1H3. The Hall–Kier alpha value is -1.29. The lowest BCUT2D eigenvalue weighted by molar-refractivity contribution is 0.220. The van der Waals surface area contributed by atoms with Gasteiger partial charge in [-0.05, 0) is 35.1 Å². The van der Waals surface area contributed by atoms with E-state index in [1.165, 1.54) is 4.90 Å². The summed E-state index contributed by atoms with van der Waals surface area (Å²) < 4.78 is 0. The molecule has 18 heavy (non-hydrogen) atoms. The van der Waals surface area contributed by atoms with Crippen LogP contribution in [0.1, 0.15) is 22.8 Å². The van der Waals surface area contributed by atoms with Crippen LogP contribution in [-0.4, -0.2) is 11.4 Å². The first-order valence-electron chi connectivity index (χ1n) is 5.85. The van der Waals surface area contributed by atoms with Crippen LogP contribution in [0.5, 0.6) is 0 Å². The van der Waals surface area contributed by atoms with Crippen LogP contribution in [0.2, 0.25) is 0 Å². The zero-order chi connectivity index (χ0) is 13.0. The third-order valence-electron chi connectivity index (χ3n) is 2.96. The summed E-state index contributed by atoms with van der Waals surface area (Å²) in [6, 6.07) is 15.7. The van der Waals surface area contributed by atoms with Crippen LogP contribution in [0, 0.1) is 0 Å². The second-order valence-corrected chi connectivity index (χ2v) is 5.00. The molecule has 0 radical (unpaired) electrons. The van der Waals surface area contributed by atoms with E-state index >= 15 is 0 Å². The van der Waals surface area contributed by atoms with E-state index < -0.39 is 6.10 Å². The van der Waals surface area contributed by atoms with Crippen molar-refractivity contribution in [3.63, 3.8) is 0 Å². The fourth-order valence-electron chi connectivity index (χ4n) is 1.81. The quantitative estimate of drug-likeness (QED) is 0.830. The van der Waals surface area contributed by atoms with Crippen LogP contribution in [0.4, 0.5) is 0 Å². The summed E-state index contributed by atoms with van der Waals surface area (Å²) in [6.45, 7) is 0.527. The van der Waals surface area contributed by atoms with E-state index in [9.17, 15) is 5.11 Å². The molecule has 2 nitrogen and oxygen atoms in total. The first-order valence-corrected chi connectivity index (χ1v) is 7.08. The summed E-state index contributed by atoms with van der Waals surface area (Å²) in [5.74, 6) is 0. The van der Waals surface area contributed by atoms with Crippen molar-refractivity contribution < 1.29 is 5.11 Å². The van der Waals surface area contributed by atoms with Gasteiger partial charge >= 0.3 is 0 Å². The van der Waals surface area contributed by atoms with Gasteiger partial charge in [-0.1, -0.05) is 36.4 Å². The van der Waals surface area contributed by atoms with Gasteiger partial charge in [-0.3, -0.25) is 0 Å². The molecule has 0 aromatic heterocycles. The van der Waals surface area contributed by atoms with Gasteiger partial charge in [0.2, 0.25) is 0 Å². The highest BCUT2D eigenvalue weighted by molar-refractivity contribution is 7.98. The van der Waals surface area contributed by atoms with Gasteiger partial charge < -0.3 is 10.8 Å². The fraction of sp³-hybridized carbons (Fsp3) is 0.200. The molecule has 0 fully saturated rings. The molecule has 1 atom stereocenters. The number of benzene rings is 2. The predicted octanol–water partition coefficient (Wildman–Crippen LogP) is 2.95. The van der Waals surface area contributed by atoms with Gasteiger partial charge in [0.25, 0.3) is 0 Å². The van der Waals surface area contributed by atoms with E-state index in [1.807, 2.05) is 54.8 Å². The lowest BCUT2D eigenvalue weighted by Gasteiger charge is -2.12. The maximum absolute atomic E-state index is 10.3. The number of aliphatic hydroxyl groups excluding tert-OH is 1. The van der Waals surface area contributed by atoms with Gasteiger partial charge in [-0.25, -0.2) is 0 Å². The summed E-state index contributed by atoms with van der Waals surface area (Å²) >= 11 is 1.69. The highest BCUT2D eigenvalue weighted by Gasteiger charge is 2.09. The van der Waals surface area contributed by atoms with Crippen molar-refractivity contribution in [2.45, 2.75) is 17.5 Å². The molecule has 0 saturated heterocycles. The Labute approximate surface area is 112 Å². The van der Waals surface area contributed by atoms with Gasteiger partial charge in [-0.15, -0.1) is 11.8 Å². The topological polar surface area (TPSA) is 46.2 Å². The number of thioether (sulfide) groups is 1. The molecule has 0 amide bonds. The Morgan fingerprint density at radius 2 is 1.50 bits per heavy atom. The van der Waals surface area contributed by atoms with Gasteiger partial charge in [0.15, 0.2) is 0 Å². The molecule has 2 aromatic carbocycles. The highest BCUT2D eigenvalue weighted by atomic mass is 32.2. The van der Waals surface area contributed by atoms with E-state index in [0.717, 1.165) is 16.7 Å². The van der Waals surface area contributed by atoms with Gasteiger partial charge in [-0.2, -0.15) is 0 Å². The summed E-state index contributed by atoms with van der Waals surface area (Å²) in [6.07, 6.45) is 1.46. The summed E-state index contributed by atoms with van der Waals surface area (Å²) in [5.41, 5.74) is 8.43. The minimum absolute atomic E-state index is 0.527. The first-order chi connectivity index (χ1) is 8.74. The molecule has 1 unspecified atom stereocenters. The van der Waals surface area contributed by atoms with Crippen molar-refractivity contribution in [1.29, 1.82) is 0 Å². The molecule has 0 aliphatic carbocycles. The average Bonchev–Trinajstić information content (AvgIpc) is 2.47. The Morgan fingerprint density at radius 3 is 1.94 bits per heavy atom. The second kappa shape index (κ2) is 6.05. The molecule has 0 spiro atoms. The zero-order valence-electron chi connectivity index (χ0n) is 10.3. The number of nitrogens with two attached hydrogens (primary N) is 1. The summed E-state index contributed by atoms with van der Waals surface area (Å²) in [4.78, 5) is 1.20. The molecular weight excluding hydrogens is 242 g/mol. The summed E-state index contributed by atoms with van der Waals surface area (Å²) in [5, 5.41) is 10.3. The van der Waals surface area contributed by atoms with Gasteiger partial charge in [0.1, 0.15) is 6.10 Å². The minimum Gasteiger partial charge on any atom is -0.384 e. The normalized spacial score (nSPS) is 12.4. The molecule has 2 rings (SSSR count). The molecule has 0 bridgehead atoms. The Bertz CT molecular complexity index is 445. The lowest BCUT2D eigenvalue weighted by Crippen LogP contribution is -2.01. The van der Waals surface area contributed by atoms with Crippen molar-refractivity contribution in [3.8, 4) is 0 Å². The summed E-state index contributed by atoms with van der Waals surface area (Å²) in [7, 11) is 0. The number of hydrogen-bond acceptors (Lipinski definition) is 3. The molecule has 2 aromatic rings. The van der Waals surface area contributed by atoms with Gasteiger partial charge in [0.05, 0.1) is 0 Å². The number of hydrogen-bond donors (Lipinski definition) is 2. The van der Waals surface area contributed by atoms with E-state index in [4.69, 9.17) is 5.73 Å². The molecule has 0 saturated carbocycles. The van der Waals surface area contributed by atoms with E-state index in [2.05, 4.69) is 0 Å². The van der Waals surface area contributed by atoms with Crippen molar-refractivity contribution in [2.75, 3.05) is 6.26 Å². The van der Waals surface area contributed by atoms with Crippen LogP contribution >= 0.6 is 11.8 Å². The Kier molecular flexibility index (Phi) is 4.42. The Morgan fingerprint density at radius 1 is 1.00 bits per heavy atom. The van der Waals surface area contributed by atoms with Crippen LogP contribution in [0.3, 0.4) is 0 Å². The lowest BCUT2D eigenvalue weighted by atomic mass is 10.0. The second-order valence-electron chi connectivity index (χ2n) is 4.12. The molecule has 3 N–H and O–H groups in total. The van der Waals surface area contributed by atoms with E-state index in [1.54, 1.807) is 11.8 Å².